The Balaban J connectivity index is 1.57. The van der Waals surface area contributed by atoms with Crippen molar-refractivity contribution in [3.63, 3.8) is 0 Å². The maximum atomic E-state index is 11.8. The van der Waals surface area contributed by atoms with Gasteiger partial charge in [-0.1, -0.05) is 6.42 Å². The third-order valence-corrected chi connectivity index (χ3v) is 4.64. The van der Waals surface area contributed by atoms with E-state index in [-0.39, 0.29) is 11.8 Å². The molecular formula is C20H24N4O2. The first-order valence-electron chi connectivity index (χ1n) is 9.20. The smallest absolute Gasteiger partial charge is 0.223 e. The zero-order chi connectivity index (χ0) is 18.4. The number of aromatic nitrogens is 1. The van der Waals surface area contributed by atoms with Gasteiger partial charge in [0, 0.05) is 24.4 Å². The number of ether oxygens (including phenoxy) is 1. The molecule has 2 N–H and O–H groups in total. The maximum absolute atomic E-state index is 11.8. The van der Waals surface area contributed by atoms with Gasteiger partial charge in [-0.05, 0) is 50.5 Å². The van der Waals surface area contributed by atoms with Gasteiger partial charge in [-0.3, -0.25) is 4.79 Å². The van der Waals surface area contributed by atoms with E-state index in [0.717, 1.165) is 42.3 Å². The van der Waals surface area contributed by atoms with E-state index in [1.54, 1.807) is 0 Å². The van der Waals surface area contributed by atoms with Crippen LogP contribution >= 0.6 is 0 Å². The summed E-state index contributed by atoms with van der Waals surface area (Å²) in [4.78, 5) is 16.3. The molecule has 1 saturated carbocycles. The summed E-state index contributed by atoms with van der Waals surface area (Å²) in [7, 11) is 0. The predicted octanol–water partition coefficient (Wildman–Crippen LogP) is 3.22. The van der Waals surface area contributed by atoms with Crippen LogP contribution in [0.25, 0.3) is 10.9 Å². The largest absolute Gasteiger partial charge is 0.494 e. The minimum absolute atomic E-state index is 0.169. The van der Waals surface area contributed by atoms with Crippen LogP contribution in [0.3, 0.4) is 0 Å². The number of nitrogens with one attached hydrogen (secondary N) is 2. The summed E-state index contributed by atoms with van der Waals surface area (Å²) >= 11 is 0. The van der Waals surface area contributed by atoms with Crippen LogP contribution in [0, 0.1) is 17.2 Å². The summed E-state index contributed by atoms with van der Waals surface area (Å²) < 4.78 is 5.50. The number of anilines is 1. The molecular weight excluding hydrogens is 328 g/mol. The molecule has 1 fully saturated rings. The van der Waals surface area contributed by atoms with Crippen molar-refractivity contribution in [3.05, 3.63) is 29.8 Å². The maximum Gasteiger partial charge on any atom is 0.223 e. The van der Waals surface area contributed by atoms with Crippen LogP contribution < -0.4 is 15.4 Å². The number of rotatable bonds is 8. The van der Waals surface area contributed by atoms with E-state index in [4.69, 9.17) is 4.74 Å². The predicted molar refractivity (Wildman–Crippen MR) is 101 cm³/mol. The second-order valence-corrected chi connectivity index (χ2v) is 6.48. The van der Waals surface area contributed by atoms with Crippen LogP contribution in [-0.4, -0.2) is 30.6 Å². The van der Waals surface area contributed by atoms with Crippen molar-refractivity contribution >= 4 is 22.6 Å². The molecule has 0 saturated heterocycles. The third kappa shape index (κ3) is 4.23. The van der Waals surface area contributed by atoms with Crippen molar-refractivity contribution in [2.75, 3.05) is 25.0 Å². The molecule has 1 aliphatic rings. The second-order valence-electron chi connectivity index (χ2n) is 6.48. The molecule has 6 heteroatoms. The van der Waals surface area contributed by atoms with Gasteiger partial charge in [0.25, 0.3) is 0 Å². The summed E-state index contributed by atoms with van der Waals surface area (Å²) in [6.45, 7) is 3.82. The monoisotopic (exact) mass is 352 g/mol. The van der Waals surface area contributed by atoms with E-state index in [0.29, 0.717) is 31.1 Å². The minimum Gasteiger partial charge on any atom is -0.494 e. The van der Waals surface area contributed by atoms with Crippen molar-refractivity contribution in [2.24, 2.45) is 5.92 Å². The standard InChI is InChI=1S/C20H24N4O2/c1-2-26-17-7-8-18-15(12-17)11-16(13-21)19(24-18)22-9-4-10-23-20(25)14-5-3-6-14/h7-8,11-12,14H,2-6,9-10H2,1H3,(H,22,24)(H,23,25). The van der Waals surface area contributed by atoms with Crippen LogP contribution in [0.15, 0.2) is 24.3 Å². The summed E-state index contributed by atoms with van der Waals surface area (Å²) in [6, 6.07) is 9.69. The topological polar surface area (TPSA) is 87.0 Å². The lowest BCUT2D eigenvalue weighted by molar-refractivity contribution is -0.127. The first-order valence-corrected chi connectivity index (χ1v) is 9.20. The number of nitriles is 1. The van der Waals surface area contributed by atoms with Crippen molar-refractivity contribution < 1.29 is 9.53 Å². The lowest BCUT2D eigenvalue weighted by Crippen LogP contribution is -2.35. The first kappa shape index (κ1) is 18.0. The van der Waals surface area contributed by atoms with Gasteiger partial charge in [0.1, 0.15) is 17.6 Å². The molecule has 3 rings (SSSR count). The van der Waals surface area contributed by atoms with E-state index < -0.39 is 0 Å². The second kappa shape index (κ2) is 8.52. The molecule has 0 unspecified atom stereocenters. The van der Waals surface area contributed by atoms with E-state index in [1.165, 1.54) is 0 Å². The zero-order valence-corrected chi connectivity index (χ0v) is 15.0. The fraction of sp³-hybridized carbons (Fsp3) is 0.450. The highest BCUT2D eigenvalue weighted by atomic mass is 16.5. The van der Waals surface area contributed by atoms with Crippen molar-refractivity contribution in [3.8, 4) is 11.8 Å². The molecule has 1 aliphatic carbocycles. The first-order chi connectivity index (χ1) is 12.7. The number of benzene rings is 1. The van der Waals surface area contributed by atoms with Gasteiger partial charge in [0.2, 0.25) is 5.91 Å². The number of amides is 1. The highest BCUT2D eigenvalue weighted by molar-refractivity contribution is 5.84. The van der Waals surface area contributed by atoms with Crippen LogP contribution in [0.2, 0.25) is 0 Å². The van der Waals surface area contributed by atoms with E-state index in [1.807, 2.05) is 31.2 Å². The highest BCUT2D eigenvalue weighted by Gasteiger charge is 2.24. The fourth-order valence-corrected chi connectivity index (χ4v) is 2.95. The van der Waals surface area contributed by atoms with Gasteiger partial charge in [-0.2, -0.15) is 5.26 Å². The van der Waals surface area contributed by atoms with Crippen molar-refractivity contribution in [1.82, 2.24) is 10.3 Å². The third-order valence-electron chi connectivity index (χ3n) is 4.64. The van der Waals surface area contributed by atoms with Gasteiger partial charge in [0.05, 0.1) is 17.7 Å². The molecule has 1 aromatic heterocycles. The molecule has 6 nitrogen and oxygen atoms in total. The molecule has 1 heterocycles. The lowest BCUT2D eigenvalue weighted by Gasteiger charge is -2.24. The molecule has 0 aliphatic heterocycles. The molecule has 26 heavy (non-hydrogen) atoms. The molecule has 136 valence electrons. The molecule has 0 spiro atoms. The Labute approximate surface area is 153 Å². The number of fused-ring (bicyclic) bond motifs is 1. The van der Waals surface area contributed by atoms with Crippen LogP contribution in [0.5, 0.6) is 5.75 Å². The van der Waals surface area contributed by atoms with E-state index in [2.05, 4.69) is 21.7 Å². The Morgan fingerprint density at radius 2 is 2.19 bits per heavy atom. The molecule has 0 bridgehead atoms. The summed E-state index contributed by atoms with van der Waals surface area (Å²) in [5.41, 5.74) is 1.32. The summed E-state index contributed by atoms with van der Waals surface area (Å²) in [5.74, 6) is 1.74. The average molecular weight is 352 g/mol. The van der Waals surface area contributed by atoms with Gasteiger partial charge >= 0.3 is 0 Å². The van der Waals surface area contributed by atoms with Crippen LogP contribution in [-0.2, 0) is 4.79 Å². The quantitative estimate of drug-likeness (QED) is 0.712. The average Bonchev–Trinajstić information content (AvgIpc) is 2.59. The van der Waals surface area contributed by atoms with Crippen molar-refractivity contribution in [2.45, 2.75) is 32.6 Å². The highest BCUT2D eigenvalue weighted by Crippen LogP contribution is 2.26. The van der Waals surface area contributed by atoms with Crippen LogP contribution in [0.4, 0.5) is 5.82 Å². The number of pyridine rings is 1. The molecule has 2 aromatic rings. The number of hydrogen-bond donors (Lipinski definition) is 2. The Bertz CT molecular complexity index is 824. The zero-order valence-electron chi connectivity index (χ0n) is 15.0. The van der Waals surface area contributed by atoms with E-state index in [9.17, 15) is 10.1 Å². The Morgan fingerprint density at radius 3 is 2.88 bits per heavy atom. The van der Waals surface area contributed by atoms with Gasteiger partial charge in [-0.25, -0.2) is 4.98 Å². The van der Waals surface area contributed by atoms with Gasteiger partial charge in [-0.15, -0.1) is 0 Å². The van der Waals surface area contributed by atoms with Gasteiger partial charge in [0.15, 0.2) is 0 Å². The molecule has 1 amide bonds. The molecule has 0 radical (unpaired) electrons. The summed E-state index contributed by atoms with van der Waals surface area (Å²) in [5, 5.41) is 16.5. The Hall–Kier alpha value is -2.81. The Kier molecular flexibility index (Phi) is 5.90. The van der Waals surface area contributed by atoms with E-state index >= 15 is 0 Å². The molecule has 1 aromatic carbocycles. The molecule has 0 atom stereocenters. The number of carbonyl (C=O) groups excluding carboxylic acids is 1. The number of hydrogen-bond acceptors (Lipinski definition) is 5. The van der Waals surface area contributed by atoms with Crippen LogP contribution in [0.1, 0.15) is 38.2 Å². The SMILES string of the molecule is CCOc1ccc2nc(NCCCNC(=O)C3CCC3)c(C#N)cc2c1. The number of carbonyl (C=O) groups is 1. The fourth-order valence-electron chi connectivity index (χ4n) is 2.95. The number of nitrogens with zero attached hydrogens (tertiary/aromatic N) is 2. The summed E-state index contributed by atoms with van der Waals surface area (Å²) in [6.07, 6.45) is 3.98. The minimum atomic E-state index is 0.169. The van der Waals surface area contributed by atoms with Crippen molar-refractivity contribution in [1.29, 1.82) is 5.26 Å². The normalized spacial score (nSPS) is 13.7. The Morgan fingerprint density at radius 1 is 1.35 bits per heavy atom. The van der Waals surface area contributed by atoms with Gasteiger partial charge < -0.3 is 15.4 Å². The lowest BCUT2D eigenvalue weighted by atomic mass is 9.85.